The summed E-state index contributed by atoms with van der Waals surface area (Å²) in [4.78, 5) is 33.4. The summed E-state index contributed by atoms with van der Waals surface area (Å²) in [7, 11) is 0. The highest BCUT2D eigenvalue weighted by atomic mass is 19.4. The van der Waals surface area contributed by atoms with Gasteiger partial charge in [-0.2, -0.15) is 0 Å². The average Bonchev–Trinajstić information content (AvgIpc) is 2.54. The van der Waals surface area contributed by atoms with E-state index in [4.69, 9.17) is 0 Å². The molecule has 0 spiro atoms. The molecule has 0 unspecified atom stereocenters. The fraction of sp³-hybridized carbons (Fsp3) is 0.250. The second kappa shape index (κ2) is 6.98. The van der Waals surface area contributed by atoms with Crippen LogP contribution in [-0.2, 0) is 4.79 Å². The summed E-state index contributed by atoms with van der Waals surface area (Å²) in [5.41, 5.74) is 0.537. The lowest BCUT2D eigenvalue weighted by Crippen LogP contribution is -2.54. The molecule has 1 aliphatic rings. The van der Waals surface area contributed by atoms with Gasteiger partial charge in [-0.3, -0.25) is 14.6 Å². The van der Waals surface area contributed by atoms with E-state index >= 15 is 0 Å². The fourth-order valence-electron chi connectivity index (χ4n) is 2.37. The molecule has 26 heavy (non-hydrogen) atoms. The summed E-state index contributed by atoms with van der Waals surface area (Å²) < 4.78 is 40.1. The van der Waals surface area contributed by atoms with Crippen molar-refractivity contribution in [3.8, 4) is 5.75 Å². The highest BCUT2D eigenvalue weighted by molar-refractivity contribution is 5.97. The monoisotopic (exact) mass is 366 g/mol. The molecule has 0 bridgehead atoms. The van der Waals surface area contributed by atoms with Crippen LogP contribution in [0.15, 0.2) is 42.9 Å². The number of alkyl halides is 3. The number of rotatable bonds is 4. The molecule has 1 aromatic carbocycles. The third kappa shape index (κ3) is 4.26. The Morgan fingerprint density at radius 2 is 1.85 bits per heavy atom. The minimum Gasteiger partial charge on any atom is -0.406 e. The Kier molecular flexibility index (Phi) is 4.74. The van der Waals surface area contributed by atoms with E-state index in [1.807, 2.05) is 0 Å². The molecule has 1 saturated heterocycles. The molecule has 2 aromatic rings. The van der Waals surface area contributed by atoms with Gasteiger partial charge in [0.05, 0.1) is 12.1 Å². The van der Waals surface area contributed by atoms with E-state index in [0.717, 1.165) is 12.1 Å². The number of halogens is 3. The molecular formula is C16H13F3N4O3. The van der Waals surface area contributed by atoms with Crippen molar-refractivity contribution in [2.24, 2.45) is 5.92 Å². The van der Waals surface area contributed by atoms with Crippen LogP contribution in [0.5, 0.6) is 5.75 Å². The van der Waals surface area contributed by atoms with Crippen LogP contribution in [0.25, 0.3) is 0 Å². The maximum absolute atomic E-state index is 12.1. The van der Waals surface area contributed by atoms with Crippen molar-refractivity contribution in [3.63, 3.8) is 0 Å². The van der Waals surface area contributed by atoms with Gasteiger partial charge < -0.3 is 15.0 Å². The lowest BCUT2D eigenvalue weighted by Gasteiger charge is -2.37. The number of anilines is 1. The summed E-state index contributed by atoms with van der Waals surface area (Å²) in [6.07, 6.45) is -0.562. The lowest BCUT2D eigenvalue weighted by molar-refractivity contribution is -0.274. The third-order valence-corrected chi connectivity index (χ3v) is 3.68. The van der Waals surface area contributed by atoms with Gasteiger partial charge in [0.2, 0.25) is 5.91 Å². The lowest BCUT2D eigenvalue weighted by atomic mass is 9.98. The van der Waals surface area contributed by atoms with E-state index in [2.05, 4.69) is 20.0 Å². The molecular weight excluding hydrogens is 353 g/mol. The van der Waals surface area contributed by atoms with E-state index in [-0.39, 0.29) is 36.3 Å². The Hall–Kier alpha value is -3.17. The quantitative estimate of drug-likeness (QED) is 0.896. The molecule has 0 aliphatic carbocycles. The van der Waals surface area contributed by atoms with E-state index in [1.54, 1.807) is 0 Å². The van der Waals surface area contributed by atoms with E-state index < -0.39 is 12.3 Å². The summed E-state index contributed by atoms with van der Waals surface area (Å²) in [6, 6.07) is 4.82. The van der Waals surface area contributed by atoms with Crippen molar-refractivity contribution in [1.29, 1.82) is 0 Å². The number of carbonyl (C=O) groups excluding carboxylic acids is 2. The van der Waals surface area contributed by atoms with Crippen LogP contribution in [-0.4, -0.2) is 46.1 Å². The van der Waals surface area contributed by atoms with Crippen molar-refractivity contribution in [2.75, 3.05) is 18.4 Å². The molecule has 0 radical (unpaired) electrons. The van der Waals surface area contributed by atoms with Gasteiger partial charge >= 0.3 is 6.36 Å². The zero-order valence-corrected chi connectivity index (χ0v) is 13.2. The van der Waals surface area contributed by atoms with Gasteiger partial charge in [-0.25, -0.2) is 4.98 Å². The van der Waals surface area contributed by atoms with Gasteiger partial charge in [0, 0.05) is 31.2 Å². The van der Waals surface area contributed by atoms with Crippen LogP contribution in [0.3, 0.4) is 0 Å². The minimum atomic E-state index is -4.77. The molecule has 1 fully saturated rings. The van der Waals surface area contributed by atoms with Gasteiger partial charge in [0.15, 0.2) is 0 Å². The SMILES string of the molecule is O=C(Nc1ccc(OC(F)(F)F)cc1)C1CN(C(=O)c2cnccn2)C1. The third-order valence-electron chi connectivity index (χ3n) is 3.68. The van der Waals surface area contributed by atoms with E-state index in [1.165, 1.54) is 35.6 Å². The standard InChI is InChI=1S/C16H13F3N4O3/c17-16(18,19)26-12-3-1-11(2-4-12)22-14(24)10-8-23(9-10)15(25)13-7-20-5-6-21-13/h1-7,10H,8-9H2,(H,22,24). The van der Waals surface area contributed by atoms with E-state index in [0.29, 0.717) is 5.69 Å². The summed E-state index contributed by atoms with van der Waals surface area (Å²) >= 11 is 0. The van der Waals surface area contributed by atoms with Crippen molar-refractivity contribution >= 4 is 17.5 Å². The Balaban J connectivity index is 1.50. The topological polar surface area (TPSA) is 84.4 Å². The Morgan fingerprint density at radius 1 is 1.15 bits per heavy atom. The molecule has 1 N–H and O–H groups in total. The van der Waals surface area contributed by atoms with Crippen LogP contribution in [0.4, 0.5) is 18.9 Å². The highest BCUT2D eigenvalue weighted by Gasteiger charge is 2.36. The normalized spacial score (nSPS) is 14.5. The summed E-state index contributed by atoms with van der Waals surface area (Å²) in [5.74, 6) is -1.41. The Labute approximate surface area is 145 Å². The molecule has 0 atom stereocenters. The first-order valence-corrected chi connectivity index (χ1v) is 7.54. The first-order valence-electron chi connectivity index (χ1n) is 7.54. The zero-order chi connectivity index (χ0) is 18.7. The zero-order valence-electron chi connectivity index (χ0n) is 13.2. The van der Waals surface area contributed by atoms with Gasteiger partial charge in [-0.1, -0.05) is 0 Å². The molecule has 1 aromatic heterocycles. The molecule has 136 valence electrons. The molecule has 1 aliphatic heterocycles. The van der Waals surface area contributed by atoms with Crippen molar-refractivity contribution in [1.82, 2.24) is 14.9 Å². The second-order valence-electron chi connectivity index (χ2n) is 5.56. The molecule has 10 heteroatoms. The average molecular weight is 366 g/mol. The van der Waals surface area contributed by atoms with Crippen molar-refractivity contribution < 1.29 is 27.5 Å². The second-order valence-corrected chi connectivity index (χ2v) is 5.56. The predicted octanol–water partition coefficient (Wildman–Crippen LogP) is 2.09. The Bertz CT molecular complexity index is 791. The largest absolute Gasteiger partial charge is 0.573 e. The van der Waals surface area contributed by atoms with Gasteiger partial charge in [-0.05, 0) is 24.3 Å². The minimum absolute atomic E-state index is 0.201. The molecule has 3 rings (SSSR count). The van der Waals surface area contributed by atoms with Crippen molar-refractivity contribution in [2.45, 2.75) is 6.36 Å². The summed E-state index contributed by atoms with van der Waals surface area (Å²) in [5, 5.41) is 2.59. The van der Waals surface area contributed by atoms with Gasteiger partial charge in [0.25, 0.3) is 5.91 Å². The number of benzene rings is 1. The van der Waals surface area contributed by atoms with Crippen LogP contribution in [0, 0.1) is 5.92 Å². The number of nitrogens with zero attached hydrogens (tertiary/aromatic N) is 3. The number of hydrogen-bond donors (Lipinski definition) is 1. The number of amides is 2. The van der Waals surface area contributed by atoms with Crippen LogP contribution >= 0.6 is 0 Å². The molecule has 7 nitrogen and oxygen atoms in total. The number of likely N-dealkylation sites (tertiary alicyclic amines) is 1. The highest BCUT2D eigenvalue weighted by Crippen LogP contribution is 2.25. The summed E-state index contributed by atoms with van der Waals surface area (Å²) in [6.45, 7) is 0.465. The van der Waals surface area contributed by atoms with Crippen molar-refractivity contribution in [3.05, 3.63) is 48.5 Å². The predicted molar refractivity (Wildman–Crippen MR) is 83.2 cm³/mol. The van der Waals surface area contributed by atoms with Crippen LogP contribution in [0.2, 0.25) is 0 Å². The van der Waals surface area contributed by atoms with Crippen LogP contribution < -0.4 is 10.1 Å². The molecule has 2 amide bonds. The first kappa shape index (κ1) is 17.6. The van der Waals surface area contributed by atoms with Crippen LogP contribution in [0.1, 0.15) is 10.5 Å². The Morgan fingerprint density at radius 3 is 2.42 bits per heavy atom. The number of nitrogens with one attached hydrogen (secondary N) is 1. The fourth-order valence-corrected chi connectivity index (χ4v) is 2.37. The van der Waals surface area contributed by atoms with E-state index in [9.17, 15) is 22.8 Å². The van der Waals surface area contributed by atoms with Gasteiger partial charge in [0.1, 0.15) is 11.4 Å². The number of hydrogen-bond acceptors (Lipinski definition) is 5. The molecule has 0 saturated carbocycles. The first-order chi connectivity index (χ1) is 12.3. The maximum atomic E-state index is 12.1. The smallest absolute Gasteiger partial charge is 0.406 e. The number of aromatic nitrogens is 2. The molecule has 2 heterocycles. The number of ether oxygens (including phenoxy) is 1. The maximum Gasteiger partial charge on any atom is 0.573 e. The van der Waals surface area contributed by atoms with Gasteiger partial charge in [-0.15, -0.1) is 13.2 Å². The number of carbonyl (C=O) groups is 2.